The van der Waals surface area contributed by atoms with Crippen molar-refractivity contribution in [2.24, 2.45) is 14.1 Å². The van der Waals surface area contributed by atoms with Crippen LogP contribution in [0.15, 0.2) is 15.7 Å². The Hall–Kier alpha value is -1.36. The molecule has 1 aromatic rings. The predicted molar refractivity (Wildman–Crippen MR) is 75.3 cm³/mol. The molecule has 1 saturated carbocycles. The summed E-state index contributed by atoms with van der Waals surface area (Å²) in [4.78, 5) is 25.8. The van der Waals surface area contributed by atoms with Crippen LogP contribution < -0.4 is 11.2 Å². The summed E-state index contributed by atoms with van der Waals surface area (Å²) in [6.07, 6.45) is 6.33. The summed E-state index contributed by atoms with van der Waals surface area (Å²) >= 11 is 0. The van der Waals surface area contributed by atoms with Gasteiger partial charge in [0.25, 0.3) is 5.56 Å². The zero-order valence-electron chi connectivity index (χ0n) is 12.1. The summed E-state index contributed by atoms with van der Waals surface area (Å²) < 4.78 is 2.71. The van der Waals surface area contributed by atoms with Crippen molar-refractivity contribution in [2.75, 3.05) is 7.05 Å². The number of hydrogen-bond acceptors (Lipinski definition) is 3. The zero-order chi connectivity index (χ0) is 14.0. The molecule has 19 heavy (non-hydrogen) atoms. The van der Waals surface area contributed by atoms with Crippen molar-refractivity contribution in [3.05, 3.63) is 32.6 Å². The molecule has 106 valence electrons. The van der Waals surface area contributed by atoms with Crippen LogP contribution in [0.2, 0.25) is 0 Å². The standard InChI is InChI=1S/C14H23N3O2/c1-15(11-7-5-4-6-8-11)10-12-9-13(18)17(3)14(19)16(12)2/h9,11H,4-8,10H2,1-3H3. The van der Waals surface area contributed by atoms with E-state index >= 15 is 0 Å². The molecule has 1 aliphatic carbocycles. The Morgan fingerprint density at radius 3 is 2.42 bits per heavy atom. The maximum absolute atomic E-state index is 11.9. The van der Waals surface area contributed by atoms with Crippen LogP contribution in [0.1, 0.15) is 37.8 Å². The monoisotopic (exact) mass is 265 g/mol. The van der Waals surface area contributed by atoms with E-state index in [0.717, 1.165) is 10.3 Å². The molecule has 1 heterocycles. The van der Waals surface area contributed by atoms with Gasteiger partial charge in [0.05, 0.1) is 0 Å². The second-order valence-corrected chi connectivity index (χ2v) is 5.58. The molecular formula is C14H23N3O2. The summed E-state index contributed by atoms with van der Waals surface area (Å²) in [5.41, 5.74) is 0.316. The van der Waals surface area contributed by atoms with Gasteiger partial charge < -0.3 is 0 Å². The van der Waals surface area contributed by atoms with E-state index in [0.29, 0.717) is 12.6 Å². The van der Waals surface area contributed by atoms with E-state index in [1.807, 2.05) is 0 Å². The highest BCUT2D eigenvalue weighted by atomic mass is 16.2. The van der Waals surface area contributed by atoms with Crippen molar-refractivity contribution in [1.29, 1.82) is 0 Å². The van der Waals surface area contributed by atoms with Gasteiger partial charge in [0.1, 0.15) is 0 Å². The van der Waals surface area contributed by atoms with E-state index in [1.54, 1.807) is 17.7 Å². The van der Waals surface area contributed by atoms with Gasteiger partial charge in [0.15, 0.2) is 0 Å². The molecule has 5 nitrogen and oxygen atoms in total. The third-order valence-corrected chi connectivity index (χ3v) is 4.23. The number of nitrogens with zero attached hydrogens (tertiary/aromatic N) is 3. The molecule has 0 N–H and O–H groups in total. The molecule has 0 bridgehead atoms. The Labute approximate surface area is 113 Å². The van der Waals surface area contributed by atoms with Gasteiger partial charge in [-0.2, -0.15) is 0 Å². The smallest absolute Gasteiger partial charge is 0.299 e. The number of aromatic nitrogens is 2. The fourth-order valence-electron chi connectivity index (χ4n) is 2.84. The number of hydrogen-bond donors (Lipinski definition) is 0. The first-order valence-corrected chi connectivity index (χ1v) is 6.97. The summed E-state index contributed by atoms with van der Waals surface area (Å²) in [6.45, 7) is 0.659. The first-order valence-electron chi connectivity index (χ1n) is 6.97. The minimum Gasteiger partial charge on any atom is -0.299 e. The van der Waals surface area contributed by atoms with E-state index in [1.165, 1.54) is 39.2 Å². The number of rotatable bonds is 3. The fourth-order valence-corrected chi connectivity index (χ4v) is 2.84. The van der Waals surface area contributed by atoms with E-state index in [9.17, 15) is 9.59 Å². The lowest BCUT2D eigenvalue weighted by atomic mass is 9.94. The van der Waals surface area contributed by atoms with Crippen LogP contribution in [0, 0.1) is 0 Å². The SMILES string of the molecule is CN(Cc1cc(=O)n(C)c(=O)n1C)C1CCCCC1. The zero-order valence-corrected chi connectivity index (χ0v) is 12.1. The molecule has 0 spiro atoms. The Morgan fingerprint density at radius 2 is 1.79 bits per heavy atom. The summed E-state index contributed by atoms with van der Waals surface area (Å²) in [6, 6.07) is 2.15. The van der Waals surface area contributed by atoms with Crippen molar-refractivity contribution >= 4 is 0 Å². The molecule has 2 rings (SSSR count). The first-order chi connectivity index (χ1) is 9.00. The van der Waals surface area contributed by atoms with Crippen LogP contribution in [0.3, 0.4) is 0 Å². The lowest BCUT2D eigenvalue weighted by molar-refractivity contribution is 0.180. The van der Waals surface area contributed by atoms with Gasteiger partial charge in [-0.1, -0.05) is 19.3 Å². The van der Waals surface area contributed by atoms with Crippen LogP contribution in [-0.4, -0.2) is 27.1 Å². The Kier molecular flexibility index (Phi) is 4.24. The van der Waals surface area contributed by atoms with Crippen LogP contribution >= 0.6 is 0 Å². The highest BCUT2D eigenvalue weighted by Gasteiger charge is 2.19. The molecule has 1 aliphatic rings. The van der Waals surface area contributed by atoms with Crippen LogP contribution in [0.5, 0.6) is 0 Å². The highest BCUT2D eigenvalue weighted by Crippen LogP contribution is 2.22. The van der Waals surface area contributed by atoms with Gasteiger partial charge in [-0.25, -0.2) is 4.79 Å². The molecule has 0 amide bonds. The predicted octanol–water partition coefficient (Wildman–Crippen LogP) is 0.848. The quantitative estimate of drug-likeness (QED) is 0.814. The van der Waals surface area contributed by atoms with E-state index < -0.39 is 0 Å². The van der Waals surface area contributed by atoms with Crippen molar-refractivity contribution in [3.63, 3.8) is 0 Å². The van der Waals surface area contributed by atoms with Crippen molar-refractivity contribution < 1.29 is 0 Å². The minimum absolute atomic E-state index is 0.227. The first kappa shape index (κ1) is 14.1. The lowest BCUT2D eigenvalue weighted by Crippen LogP contribution is -2.40. The third kappa shape index (κ3) is 2.97. The van der Waals surface area contributed by atoms with Crippen molar-refractivity contribution in [3.8, 4) is 0 Å². The maximum atomic E-state index is 11.9. The molecule has 0 unspecified atom stereocenters. The molecule has 0 radical (unpaired) electrons. The van der Waals surface area contributed by atoms with Gasteiger partial charge in [-0.15, -0.1) is 0 Å². The summed E-state index contributed by atoms with van der Waals surface area (Å²) in [5, 5.41) is 0. The lowest BCUT2D eigenvalue weighted by Gasteiger charge is -2.31. The van der Waals surface area contributed by atoms with E-state index in [-0.39, 0.29) is 11.2 Å². The Bertz CT molecular complexity index is 553. The Morgan fingerprint density at radius 1 is 1.16 bits per heavy atom. The van der Waals surface area contributed by atoms with Gasteiger partial charge in [-0.3, -0.25) is 18.8 Å². The molecule has 1 fully saturated rings. The van der Waals surface area contributed by atoms with Crippen LogP contribution in [0.25, 0.3) is 0 Å². The maximum Gasteiger partial charge on any atom is 0.330 e. The van der Waals surface area contributed by atoms with Gasteiger partial charge in [0, 0.05) is 38.4 Å². The average molecular weight is 265 g/mol. The molecule has 1 aromatic heterocycles. The van der Waals surface area contributed by atoms with Crippen molar-refractivity contribution in [2.45, 2.75) is 44.7 Å². The highest BCUT2D eigenvalue weighted by molar-refractivity contribution is 5.02. The van der Waals surface area contributed by atoms with Gasteiger partial charge in [0.2, 0.25) is 0 Å². The Balaban J connectivity index is 2.19. The molecule has 0 atom stereocenters. The van der Waals surface area contributed by atoms with Crippen LogP contribution in [0.4, 0.5) is 0 Å². The normalized spacial score (nSPS) is 17.1. The van der Waals surface area contributed by atoms with Crippen LogP contribution in [-0.2, 0) is 20.6 Å². The van der Waals surface area contributed by atoms with E-state index in [4.69, 9.17) is 0 Å². The largest absolute Gasteiger partial charge is 0.330 e. The third-order valence-electron chi connectivity index (χ3n) is 4.23. The van der Waals surface area contributed by atoms with Gasteiger partial charge in [-0.05, 0) is 19.9 Å². The summed E-state index contributed by atoms with van der Waals surface area (Å²) in [7, 11) is 5.32. The summed E-state index contributed by atoms with van der Waals surface area (Å²) in [5.74, 6) is 0. The average Bonchev–Trinajstić information content (AvgIpc) is 2.43. The van der Waals surface area contributed by atoms with E-state index in [2.05, 4.69) is 11.9 Å². The second kappa shape index (κ2) is 5.74. The van der Waals surface area contributed by atoms with Gasteiger partial charge >= 0.3 is 5.69 Å². The fraction of sp³-hybridized carbons (Fsp3) is 0.714. The second-order valence-electron chi connectivity index (χ2n) is 5.58. The molecular weight excluding hydrogens is 242 g/mol. The molecule has 0 aliphatic heterocycles. The molecule has 0 saturated heterocycles. The molecule has 0 aromatic carbocycles. The minimum atomic E-state index is -0.250. The topological polar surface area (TPSA) is 47.2 Å². The van der Waals surface area contributed by atoms with Crippen molar-refractivity contribution in [1.82, 2.24) is 14.0 Å². The molecule has 5 heteroatoms.